The lowest BCUT2D eigenvalue weighted by Gasteiger charge is -2.28. The van der Waals surface area contributed by atoms with E-state index in [1.165, 1.54) is 18.9 Å². The third kappa shape index (κ3) is 3.24. The minimum atomic E-state index is -0.256. The summed E-state index contributed by atoms with van der Waals surface area (Å²) in [5.74, 6) is 0.572. The quantitative estimate of drug-likeness (QED) is 0.843. The van der Waals surface area contributed by atoms with Gasteiger partial charge in [0.2, 0.25) is 5.91 Å². The van der Waals surface area contributed by atoms with Gasteiger partial charge >= 0.3 is 0 Å². The molecule has 1 spiro atoms. The number of amides is 1. The first-order valence-electron chi connectivity index (χ1n) is 9.55. The maximum atomic E-state index is 14.0. The number of nitrogens with zero attached hydrogens (tertiary/aromatic N) is 4. The molecule has 5 nitrogen and oxygen atoms in total. The Morgan fingerprint density at radius 3 is 2.68 bits per heavy atom. The number of aromatic nitrogens is 1. The van der Waals surface area contributed by atoms with Crippen molar-refractivity contribution in [3.8, 4) is 0 Å². The zero-order valence-electron chi connectivity index (χ0n) is 14.8. The number of hydrogen-bond acceptors (Lipinski definition) is 4. The zero-order chi connectivity index (χ0) is 17.3. The summed E-state index contributed by atoms with van der Waals surface area (Å²) in [4.78, 5) is 23.5. The fraction of sp³-hybridized carbons (Fsp3) is 0.684. The molecule has 0 atom stereocenters. The lowest BCUT2D eigenvalue weighted by atomic mass is 9.85. The Morgan fingerprint density at radius 1 is 1.04 bits per heavy atom. The molecule has 1 amide bonds. The minimum absolute atomic E-state index is 0.0328. The van der Waals surface area contributed by atoms with Crippen LogP contribution in [0.2, 0.25) is 0 Å². The van der Waals surface area contributed by atoms with Crippen LogP contribution in [0, 0.1) is 11.2 Å². The Balaban J connectivity index is 1.36. The van der Waals surface area contributed by atoms with Gasteiger partial charge in [-0.25, -0.2) is 9.37 Å². The van der Waals surface area contributed by atoms with E-state index in [9.17, 15) is 9.18 Å². The molecule has 6 heteroatoms. The van der Waals surface area contributed by atoms with Gasteiger partial charge in [-0.3, -0.25) is 9.69 Å². The molecular formula is C19H27FN4O. The average molecular weight is 346 g/mol. The summed E-state index contributed by atoms with van der Waals surface area (Å²) in [5.41, 5.74) is -0.0328. The summed E-state index contributed by atoms with van der Waals surface area (Å²) in [5, 5.41) is 0. The van der Waals surface area contributed by atoms with Crippen molar-refractivity contribution in [3.63, 3.8) is 0 Å². The zero-order valence-corrected chi connectivity index (χ0v) is 14.8. The topological polar surface area (TPSA) is 39.7 Å². The van der Waals surface area contributed by atoms with Gasteiger partial charge in [0.05, 0.1) is 12.1 Å². The summed E-state index contributed by atoms with van der Waals surface area (Å²) in [7, 11) is 0. The van der Waals surface area contributed by atoms with Crippen molar-refractivity contribution in [1.82, 2.24) is 14.8 Å². The number of carbonyl (C=O) groups is 1. The molecule has 1 aliphatic carbocycles. The Bertz CT molecular complexity index is 632. The monoisotopic (exact) mass is 346 g/mol. The van der Waals surface area contributed by atoms with Crippen LogP contribution in [0.3, 0.4) is 0 Å². The highest BCUT2D eigenvalue weighted by atomic mass is 19.1. The Hall–Kier alpha value is -1.69. The van der Waals surface area contributed by atoms with E-state index in [0.29, 0.717) is 11.7 Å². The predicted molar refractivity (Wildman–Crippen MR) is 94.7 cm³/mol. The maximum absolute atomic E-state index is 14.0. The van der Waals surface area contributed by atoms with Crippen molar-refractivity contribution in [2.24, 2.45) is 5.41 Å². The van der Waals surface area contributed by atoms with Crippen LogP contribution in [-0.2, 0) is 4.79 Å². The highest BCUT2D eigenvalue weighted by molar-refractivity contribution is 5.85. The number of carbonyl (C=O) groups excluding carboxylic acids is 1. The molecular weight excluding hydrogens is 319 g/mol. The first kappa shape index (κ1) is 16.8. The summed E-state index contributed by atoms with van der Waals surface area (Å²) in [6, 6.07) is 3.09. The van der Waals surface area contributed by atoms with Gasteiger partial charge in [0, 0.05) is 38.9 Å². The van der Waals surface area contributed by atoms with Crippen LogP contribution < -0.4 is 4.90 Å². The molecule has 0 aromatic carbocycles. The molecule has 2 saturated heterocycles. The number of hydrogen-bond donors (Lipinski definition) is 0. The minimum Gasteiger partial charge on any atom is -0.353 e. The van der Waals surface area contributed by atoms with Gasteiger partial charge < -0.3 is 9.80 Å². The largest absolute Gasteiger partial charge is 0.353 e. The summed E-state index contributed by atoms with van der Waals surface area (Å²) < 4.78 is 14.0. The van der Waals surface area contributed by atoms with Gasteiger partial charge in [-0.1, -0.05) is 12.8 Å². The van der Waals surface area contributed by atoms with Crippen LogP contribution in [0.1, 0.15) is 38.5 Å². The van der Waals surface area contributed by atoms with E-state index in [1.54, 1.807) is 12.3 Å². The SMILES string of the molecule is O=C1N(CN2CCCN(c3ncccc3F)CC2)CCC12CCCC2. The molecule has 0 radical (unpaired) electrons. The molecule has 3 aliphatic rings. The predicted octanol–water partition coefficient (Wildman–Crippen LogP) is 2.48. The van der Waals surface area contributed by atoms with Gasteiger partial charge in [0.1, 0.15) is 0 Å². The highest BCUT2D eigenvalue weighted by Crippen LogP contribution is 2.46. The fourth-order valence-electron chi connectivity index (χ4n) is 4.72. The van der Waals surface area contributed by atoms with Crippen molar-refractivity contribution >= 4 is 11.7 Å². The molecule has 0 unspecified atom stereocenters. The summed E-state index contributed by atoms with van der Waals surface area (Å²) in [6.07, 6.45) is 8.20. The van der Waals surface area contributed by atoms with Crippen molar-refractivity contribution in [2.45, 2.75) is 38.5 Å². The number of pyridine rings is 1. The first-order chi connectivity index (χ1) is 12.2. The molecule has 25 heavy (non-hydrogen) atoms. The molecule has 0 N–H and O–H groups in total. The second-order valence-electron chi connectivity index (χ2n) is 7.71. The van der Waals surface area contributed by atoms with E-state index in [2.05, 4.69) is 14.8 Å². The van der Waals surface area contributed by atoms with Crippen molar-refractivity contribution in [1.29, 1.82) is 0 Å². The van der Waals surface area contributed by atoms with Gasteiger partial charge in [-0.2, -0.15) is 0 Å². The molecule has 1 saturated carbocycles. The second-order valence-corrected chi connectivity index (χ2v) is 7.71. The standard InChI is InChI=1S/C19H27FN4O/c20-16-5-3-9-21-17(16)23-11-4-10-22(13-14-23)15-24-12-8-19(18(24)25)6-1-2-7-19/h3,5,9H,1-2,4,6-8,10-15H2. The number of likely N-dealkylation sites (tertiary alicyclic amines) is 1. The van der Waals surface area contributed by atoms with E-state index < -0.39 is 0 Å². The Morgan fingerprint density at radius 2 is 1.88 bits per heavy atom. The summed E-state index contributed by atoms with van der Waals surface area (Å²) >= 11 is 0. The third-order valence-corrected chi connectivity index (χ3v) is 6.16. The van der Waals surface area contributed by atoms with Crippen molar-refractivity contribution in [3.05, 3.63) is 24.1 Å². The van der Waals surface area contributed by atoms with Crippen LogP contribution in [-0.4, -0.2) is 60.1 Å². The van der Waals surface area contributed by atoms with Crippen LogP contribution >= 0.6 is 0 Å². The number of halogens is 1. The van der Waals surface area contributed by atoms with Crippen molar-refractivity contribution < 1.29 is 9.18 Å². The molecule has 3 heterocycles. The van der Waals surface area contributed by atoms with Gasteiger partial charge in [0.25, 0.3) is 0 Å². The second kappa shape index (κ2) is 6.90. The van der Waals surface area contributed by atoms with Crippen molar-refractivity contribution in [2.75, 3.05) is 44.3 Å². The van der Waals surface area contributed by atoms with Gasteiger partial charge in [-0.15, -0.1) is 0 Å². The van der Waals surface area contributed by atoms with Crippen LogP contribution in [0.25, 0.3) is 0 Å². The smallest absolute Gasteiger partial charge is 0.229 e. The molecule has 136 valence electrons. The summed E-state index contributed by atoms with van der Waals surface area (Å²) in [6.45, 7) is 4.96. The van der Waals surface area contributed by atoms with E-state index in [0.717, 1.165) is 65.1 Å². The van der Waals surface area contributed by atoms with E-state index in [1.807, 2.05) is 4.90 Å². The fourth-order valence-corrected chi connectivity index (χ4v) is 4.72. The number of anilines is 1. The van der Waals surface area contributed by atoms with Gasteiger partial charge in [-0.05, 0) is 37.8 Å². The number of rotatable bonds is 3. The van der Waals surface area contributed by atoms with Gasteiger partial charge in [0.15, 0.2) is 11.6 Å². The lowest BCUT2D eigenvalue weighted by Crippen LogP contribution is -2.42. The normalized spacial score (nSPS) is 24.3. The molecule has 3 fully saturated rings. The average Bonchev–Trinajstić information content (AvgIpc) is 3.13. The van der Waals surface area contributed by atoms with Crippen LogP contribution in [0.15, 0.2) is 18.3 Å². The molecule has 2 aliphatic heterocycles. The Labute approximate surface area is 148 Å². The molecule has 1 aromatic heterocycles. The third-order valence-electron chi connectivity index (χ3n) is 6.16. The van der Waals surface area contributed by atoms with Crippen LogP contribution in [0.5, 0.6) is 0 Å². The maximum Gasteiger partial charge on any atom is 0.229 e. The molecule has 4 rings (SSSR count). The molecule has 1 aromatic rings. The van der Waals surface area contributed by atoms with E-state index in [4.69, 9.17) is 0 Å². The van der Waals surface area contributed by atoms with E-state index >= 15 is 0 Å². The van der Waals surface area contributed by atoms with E-state index in [-0.39, 0.29) is 11.2 Å². The first-order valence-corrected chi connectivity index (χ1v) is 9.55. The van der Waals surface area contributed by atoms with Crippen LogP contribution in [0.4, 0.5) is 10.2 Å². The molecule has 0 bridgehead atoms. The Kier molecular flexibility index (Phi) is 4.63. The highest BCUT2D eigenvalue weighted by Gasteiger charge is 2.48. The lowest BCUT2D eigenvalue weighted by molar-refractivity contribution is -0.137.